The van der Waals surface area contributed by atoms with Gasteiger partial charge in [0.1, 0.15) is 5.82 Å². The Morgan fingerprint density at radius 3 is 2.34 bits per heavy atom. The molecular weight excluding hydrogens is 369 g/mol. The Morgan fingerprint density at radius 2 is 1.62 bits per heavy atom. The van der Waals surface area contributed by atoms with Crippen LogP contribution < -0.4 is 0 Å². The van der Waals surface area contributed by atoms with E-state index in [0.717, 1.165) is 30.4 Å². The Morgan fingerprint density at radius 1 is 0.828 bits per heavy atom. The van der Waals surface area contributed by atoms with Gasteiger partial charge in [-0.05, 0) is 78.8 Å². The van der Waals surface area contributed by atoms with Gasteiger partial charge in [0.2, 0.25) is 0 Å². The molecule has 29 heavy (non-hydrogen) atoms. The average Bonchev–Trinajstić information content (AvgIpc) is 2.75. The fourth-order valence-corrected chi connectivity index (χ4v) is 4.27. The molecule has 0 saturated heterocycles. The smallest absolute Gasteiger partial charge is 0.166 e. The highest BCUT2D eigenvalue weighted by Crippen LogP contribution is 2.37. The summed E-state index contributed by atoms with van der Waals surface area (Å²) in [5.74, 6) is 5.01. The molecule has 1 saturated carbocycles. The summed E-state index contributed by atoms with van der Waals surface area (Å²) in [5, 5.41) is 0.776. The highest BCUT2D eigenvalue weighted by atomic mass is 19.2. The van der Waals surface area contributed by atoms with Gasteiger partial charge >= 0.3 is 0 Å². The van der Waals surface area contributed by atoms with Crippen LogP contribution in [-0.4, -0.2) is 0 Å². The molecule has 3 aromatic rings. The van der Waals surface area contributed by atoms with Crippen LogP contribution in [0.1, 0.15) is 61.6 Å². The van der Waals surface area contributed by atoms with Crippen LogP contribution in [0.4, 0.5) is 13.2 Å². The predicted molar refractivity (Wildman–Crippen MR) is 111 cm³/mol. The van der Waals surface area contributed by atoms with Gasteiger partial charge in [0, 0.05) is 10.9 Å². The zero-order valence-corrected chi connectivity index (χ0v) is 16.4. The summed E-state index contributed by atoms with van der Waals surface area (Å²) in [5.41, 5.74) is 2.04. The van der Waals surface area contributed by atoms with Crippen molar-refractivity contribution in [1.29, 1.82) is 0 Å². The maximum atomic E-state index is 14.6. The van der Waals surface area contributed by atoms with Crippen LogP contribution in [0.15, 0.2) is 48.5 Å². The number of fused-ring (bicyclic) bond motifs is 1. The van der Waals surface area contributed by atoms with E-state index in [0.29, 0.717) is 22.4 Å². The third kappa shape index (κ3) is 4.17. The lowest BCUT2D eigenvalue weighted by Crippen LogP contribution is -2.12. The summed E-state index contributed by atoms with van der Waals surface area (Å²) in [6.07, 6.45) is 5.91. The maximum Gasteiger partial charge on any atom is 0.166 e. The molecular formula is C26H23F3. The lowest BCUT2D eigenvalue weighted by Gasteiger charge is -2.28. The van der Waals surface area contributed by atoms with Crippen molar-refractivity contribution in [1.82, 2.24) is 0 Å². The molecule has 3 aromatic carbocycles. The zero-order chi connectivity index (χ0) is 20.4. The number of rotatable bonds is 2. The predicted octanol–water partition coefficient (Wildman–Crippen LogP) is 7.34. The molecule has 0 N–H and O–H groups in total. The Hall–Kier alpha value is -2.73. The van der Waals surface area contributed by atoms with Crippen molar-refractivity contribution in [2.45, 2.75) is 44.9 Å². The van der Waals surface area contributed by atoms with E-state index in [4.69, 9.17) is 0 Å². The molecule has 0 heterocycles. The summed E-state index contributed by atoms with van der Waals surface area (Å²) in [7, 11) is 0. The molecule has 0 aliphatic heterocycles. The van der Waals surface area contributed by atoms with Gasteiger partial charge in [-0.3, -0.25) is 0 Å². The first-order valence-electron chi connectivity index (χ1n) is 10.2. The Labute approximate surface area is 169 Å². The third-order valence-corrected chi connectivity index (χ3v) is 6.14. The van der Waals surface area contributed by atoms with Crippen LogP contribution in [0.3, 0.4) is 0 Å². The van der Waals surface area contributed by atoms with Gasteiger partial charge in [0.25, 0.3) is 0 Å². The lowest BCUT2D eigenvalue weighted by atomic mass is 9.78. The molecule has 0 spiro atoms. The van der Waals surface area contributed by atoms with Gasteiger partial charge in [0.05, 0.1) is 5.56 Å². The molecule has 148 valence electrons. The molecule has 1 fully saturated rings. The van der Waals surface area contributed by atoms with Crippen molar-refractivity contribution in [2.24, 2.45) is 5.92 Å². The van der Waals surface area contributed by atoms with Crippen molar-refractivity contribution < 1.29 is 13.2 Å². The average molecular weight is 392 g/mol. The van der Waals surface area contributed by atoms with E-state index in [1.807, 2.05) is 6.07 Å². The molecule has 0 nitrogen and oxygen atoms in total. The number of halogens is 3. The molecule has 0 atom stereocenters. The summed E-state index contributed by atoms with van der Waals surface area (Å²) >= 11 is 0. The second-order valence-corrected chi connectivity index (χ2v) is 7.91. The van der Waals surface area contributed by atoms with E-state index >= 15 is 0 Å². The van der Waals surface area contributed by atoms with Crippen LogP contribution in [-0.2, 0) is 0 Å². The van der Waals surface area contributed by atoms with Crippen molar-refractivity contribution in [3.05, 3.63) is 82.7 Å². The fourth-order valence-electron chi connectivity index (χ4n) is 4.27. The van der Waals surface area contributed by atoms with Crippen molar-refractivity contribution >= 4 is 10.8 Å². The highest BCUT2D eigenvalue weighted by Gasteiger charge is 2.21. The molecule has 1 aliphatic rings. The van der Waals surface area contributed by atoms with Gasteiger partial charge in [-0.2, -0.15) is 0 Å². The Kier molecular flexibility index (Phi) is 5.62. The molecule has 0 bridgehead atoms. The van der Waals surface area contributed by atoms with Gasteiger partial charge in [-0.15, -0.1) is 0 Å². The number of hydrogen-bond donors (Lipinski definition) is 0. The van der Waals surface area contributed by atoms with Crippen LogP contribution in [0, 0.1) is 35.2 Å². The van der Waals surface area contributed by atoms with E-state index in [9.17, 15) is 13.2 Å². The number of hydrogen-bond acceptors (Lipinski definition) is 0. The largest absolute Gasteiger partial charge is 0.206 e. The van der Waals surface area contributed by atoms with Crippen molar-refractivity contribution in [3.8, 4) is 11.8 Å². The van der Waals surface area contributed by atoms with E-state index in [1.165, 1.54) is 31.4 Å². The molecule has 4 rings (SSSR count). The van der Waals surface area contributed by atoms with Crippen LogP contribution in [0.2, 0.25) is 0 Å². The van der Waals surface area contributed by atoms with E-state index < -0.39 is 11.6 Å². The molecule has 0 aromatic heterocycles. The normalized spacial score (nSPS) is 19.0. The molecule has 3 heteroatoms. The Bertz CT molecular complexity index is 1100. The molecule has 0 radical (unpaired) electrons. The molecule has 1 aliphatic carbocycles. The summed E-state index contributed by atoms with van der Waals surface area (Å²) in [4.78, 5) is 0. The summed E-state index contributed by atoms with van der Waals surface area (Å²) in [6, 6.07) is 12.8. The van der Waals surface area contributed by atoms with Gasteiger partial charge in [-0.25, -0.2) is 13.2 Å². The highest BCUT2D eigenvalue weighted by molar-refractivity contribution is 5.84. The first-order valence-corrected chi connectivity index (χ1v) is 10.2. The standard InChI is InChI=1S/C26H23F3/c1-2-17-3-7-19(8-4-17)21-11-10-20(25(28)16-21)9-5-18-6-13-23-22(15-18)12-14-24(27)26(23)29/h6,10-17,19H,2-4,7-8H2,1H3. The second kappa shape index (κ2) is 8.33. The first kappa shape index (κ1) is 19.6. The van der Waals surface area contributed by atoms with E-state index in [-0.39, 0.29) is 11.2 Å². The second-order valence-electron chi connectivity index (χ2n) is 7.91. The SMILES string of the molecule is CCC1CCC(c2ccc(C#Cc3ccc4c(F)c(F)ccc4c3)c(F)c2)CC1. The maximum absolute atomic E-state index is 14.6. The third-order valence-electron chi connectivity index (χ3n) is 6.14. The minimum atomic E-state index is -0.873. The minimum absolute atomic E-state index is 0.212. The zero-order valence-electron chi connectivity index (χ0n) is 16.4. The fraction of sp³-hybridized carbons (Fsp3) is 0.308. The van der Waals surface area contributed by atoms with E-state index in [1.54, 1.807) is 24.3 Å². The summed E-state index contributed by atoms with van der Waals surface area (Å²) in [6.45, 7) is 2.24. The van der Waals surface area contributed by atoms with Crippen LogP contribution in [0.25, 0.3) is 10.8 Å². The summed E-state index contributed by atoms with van der Waals surface area (Å²) < 4.78 is 41.7. The van der Waals surface area contributed by atoms with Gasteiger partial charge < -0.3 is 0 Å². The van der Waals surface area contributed by atoms with Crippen molar-refractivity contribution in [3.63, 3.8) is 0 Å². The minimum Gasteiger partial charge on any atom is -0.206 e. The van der Waals surface area contributed by atoms with Gasteiger partial charge in [-0.1, -0.05) is 43.4 Å². The Balaban J connectivity index is 1.54. The molecule has 0 amide bonds. The molecule has 0 unspecified atom stereocenters. The van der Waals surface area contributed by atoms with Crippen molar-refractivity contribution in [2.75, 3.05) is 0 Å². The van der Waals surface area contributed by atoms with Gasteiger partial charge in [0.15, 0.2) is 11.6 Å². The van der Waals surface area contributed by atoms with E-state index in [2.05, 4.69) is 18.8 Å². The van der Waals surface area contributed by atoms with Crippen LogP contribution in [0.5, 0.6) is 0 Å². The first-order chi connectivity index (χ1) is 14.0. The van der Waals surface area contributed by atoms with Crippen LogP contribution >= 0.6 is 0 Å². The quantitative estimate of drug-likeness (QED) is 0.400. The monoisotopic (exact) mass is 392 g/mol. The topological polar surface area (TPSA) is 0 Å². The number of benzene rings is 3. The lowest BCUT2D eigenvalue weighted by molar-refractivity contribution is 0.318.